The van der Waals surface area contributed by atoms with Gasteiger partial charge in [0.25, 0.3) is 0 Å². The fourth-order valence-corrected chi connectivity index (χ4v) is 2.37. The van der Waals surface area contributed by atoms with Crippen molar-refractivity contribution in [3.05, 3.63) is 0 Å². The van der Waals surface area contributed by atoms with Gasteiger partial charge in [-0.25, -0.2) is 0 Å². The molecule has 18 heavy (non-hydrogen) atoms. The maximum atomic E-state index is 10.6. The number of carbonyl (C=O) groups is 1. The first-order chi connectivity index (χ1) is 8.18. The second kappa shape index (κ2) is 16.3. The molecule has 0 aliphatic carbocycles. The quantitative estimate of drug-likeness (QED) is 0.230. The van der Waals surface area contributed by atoms with E-state index in [2.05, 4.69) is 6.92 Å². The third-order valence-electron chi connectivity index (χ3n) is 3.08. The van der Waals surface area contributed by atoms with Gasteiger partial charge in [-0.15, -0.1) is 0 Å². The standard InChI is InChI=1S/C14H27IO2.Na/c1-2-3-4-5-6-7-8-9-10-11-12-13(15)14(16)17;/h13H,2-12H2,1H3,(H,16,17);. The van der Waals surface area contributed by atoms with Crippen molar-refractivity contribution in [3.8, 4) is 0 Å². The number of halogens is 1. The van der Waals surface area contributed by atoms with Crippen LogP contribution in [0, 0.1) is 0 Å². The molecule has 1 radical (unpaired) electrons. The Morgan fingerprint density at radius 1 is 0.944 bits per heavy atom. The Balaban J connectivity index is 0. The minimum absolute atomic E-state index is 0. The van der Waals surface area contributed by atoms with E-state index in [9.17, 15) is 4.79 Å². The molecule has 1 N–H and O–H groups in total. The van der Waals surface area contributed by atoms with Crippen LogP contribution in [-0.2, 0) is 4.79 Å². The van der Waals surface area contributed by atoms with Crippen LogP contribution in [0.25, 0.3) is 0 Å². The Bertz CT molecular complexity index is 189. The van der Waals surface area contributed by atoms with E-state index in [0.717, 1.165) is 12.8 Å². The molecule has 0 aromatic heterocycles. The van der Waals surface area contributed by atoms with Crippen LogP contribution in [0.15, 0.2) is 0 Å². The largest absolute Gasteiger partial charge is 0.480 e. The van der Waals surface area contributed by atoms with Crippen molar-refractivity contribution >= 4 is 58.1 Å². The zero-order chi connectivity index (χ0) is 12.9. The fourth-order valence-electron chi connectivity index (χ4n) is 1.93. The molecule has 0 amide bonds. The van der Waals surface area contributed by atoms with Crippen LogP contribution in [-0.4, -0.2) is 44.6 Å². The third-order valence-corrected chi connectivity index (χ3v) is 4.23. The fraction of sp³-hybridized carbons (Fsp3) is 0.929. The maximum Gasteiger partial charge on any atom is 0.316 e. The van der Waals surface area contributed by atoms with Crippen LogP contribution in [0.5, 0.6) is 0 Å². The van der Waals surface area contributed by atoms with Gasteiger partial charge in [0, 0.05) is 29.6 Å². The van der Waals surface area contributed by atoms with Crippen molar-refractivity contribution < 1.29 is 9.90 Å². The number of aliphatic carboxylic acids is 1. The summed E-state index contributed by atoms with van der Waals surface area (Å²) in [5, 5.41) is 8.72. The summed E-state index contributed by atoms with van der Waals surface area (Å²) < 4.78 is -0.193. The van der Waals surface area contributed by atoms with E-state index < -0.39 is 5.97 Å². The van der Waals surface area contributed by atoms with E-state index in [-0.39, 0.29) is 33.5 Å². The van der Waals surface area contributed by atoms with Crippen molar-refractivity contribution in [2.45, 2.75) is 81.5 Å². The smallest absolute Gasteiger partial charge is 0.316 e. The predicted molar refractivity (Wildman–Crippen MR) is 87.7 cm³/mol. The van der Waals surface area contributed by atoms with Crippen molar-refractivity contribution in [2.24, 2.45) is 0 Å². The molecule has 103 valence electrons. The SMILES string of the molecule is CCCCCCCCCCCCC(I)C(=O)O.[Na]. The zero-order valence-electron chi connectivity index (χ0n) is 12.1. The molecule has 4 heteroatoms. The molecule has 0 aliphatic heterocycles. The number of carboxylic acids is 1. The molecule has 0 aromatic rings. The normalized spacial score (nSPS) is 11.9. The number of unbranched alkanes of at least 4 members (excludes halogenated alkanes) is 9. The predicted octanol–water partition coefficient (Wildman–Crippen LogP) is 4.80. The molecular formula is C14H27INaO2. The van der Waals surface area contributed by atoms with Crippen molar-refractivity contribution in [2.75, 3.05) is 0 Å². The molecule has 0 bridgehead atoms. The average Bonchev–Trinajstić information content (AvgIpc) is 2.31. The van der Waals surface area contributed by atoms with Gasteiger partial charge >= 0.3 is 5.97 Å². The van der Waals surface area contributed by atoms with Gasteiger partial charge in [-0.1, -0.05) is 93.7 Å². The molecule has 0 aromatic carbocycles. The number of hydrogen-bond donors (Lipinski definition) is 1. The molecule has 0 saturated carbocycles. The molecule has 0 spiro atoms. The van der Waals surface area contributed by atoms with E-state index in [1.807, 2.05) is 22.6 Å². The van der Waals surface area contributed by atoms with Gasteiger partial charge in [-0.2, -0.15) is 0 Å². The van der Waals surface area contributed by atoms with Gasteiger partial charge in [0.05, 0.1) is 0 Å². The Morgan fingerprint density at radius 3 is 1.72 bits per heavy atom. The first-order valence-corrected chi connectivity index (χ1v) is 8.30. The van der Waals surface area contributed by atoms with E-state index >= 15 is 0 Å². The van der Waals surface area contributed by atoms with Crippen LogP contribution in [0.4, 0.5) is 0 Å². The van der Waals surface area contributed by atoms with Gasteiger partial charge in [0.15, 0.2) is 0 Å². The number of alkyl halides is 1. The van der Waals surface area contributed by atoms with E-state index in [1.54, 1.807) is 0 Å². The summed E-state index contributed by atoms with van der Waals surface area (Å²) in [7, 11) is 0. The maximum absolute atomic E-state index is 10.6. The summed E-state index contributed by atoms with van der Waals surface area (Å²) in [6.45, 7) is 2.25. The summed E-state index contributed by atoms with van der Waals surface area (Å²) in [6.07, 6.45) is 13.9. The van der Waals surface area contributed by atoms with Crippen LogP contribution in [0.2, 0.25) is 0 Å². The van der Waals surface area contributed by atoms with Gasteiger partial charge in [0.2, 0.25) is 0 Å². The minimum atomic E-state index is -0.665. The molecular weight excluding hydrogens is 350 g/mol. The average molecular weight is 377 g/mol. The van der Waals surface area contributed by atoms with Crippen molar-refractivity contribution in [3.63, 3.8) is 0 Å². The van der Waals surface area contributed by atoms with Crippen LogP contribution in [0.3, 0.4) is 0 Å². The molecule has 0 rings (SSSR count). The number of carboxylic acid groups (broad SMARTS) is 1. The second-order valence-corrected chi connectivity index (χ2v) is 6.28. The second-order valence-electron chi connectivity index (χ2n) is 4.78. The minimum Gasteiger partial charge on any atom is -0.480 e. The third kappa shape index (κ3) is 15.3. The number of hydrogen-bond acceptors (Lipinski definition) is 1. The van der Waals surface area contributed by atoms with Gasteiger partial charge < -0.3 is 5.11 Å². The molecule has 0 aliphatic rings. The molecule has 1 atom stereocenters. The first-order valence-electron chi connectivity index (χ1n) is 7.05. The topological polar surface area (TPSA) is 37.3 Å². The van der Waals surface area contributed by atoms with Gasteiger partial charge in [-0.05, 0) is 6.42 Å². The summed E-state index contributed by atoms with van der Waals surface area (Å²) in [5.41, 5.74) is 0. The van der Waals surface area contributed by atoms with Crippen molar-refractivity contribution in [1.82, 2.24) is 0 Å². The molecule has 0 heterocycles. The van der Waals surface area contributed by atoms with Crippen molar-refractivity contribution in [1.29, 1.82) is 0 Å². The van der Waals surface area contributed by atoms with Gasteiger partial charge in [0.1, 0.15) is 3.92 Å². The Labute approximate surface area is 148 Å². The van der Waals surface area contributed by atoms with E-state index in [4.69, 9.17) is 5.11 Å². The summed E-state index contributed by atoms with van der Waals surface area (Å²) >= 11 is 2.02. The Kier molecular flexibility index (Phi) is 19.4. The molecule has 0 fully saturated rings. The van der Waals surface area contributed by atoms with Crippen LogP contribution in [0.1, 0.15) is 77.6 Å². The summed E-state index contributed by atoms with van der Waals surface area (Å²) in [5.74, 6) is -0.665. The Hall–Kier alpha value is 1.20. The summed E-state index contributed by atoms with van der Waals surface area (Å²) in [6, 6.07) is 0. The molecule has 0 saturated heterocycles. The molecule has 2 nitrogen and oxygen atoms in total. The van der Waals surface area contributed by atoms with Crippen LogP contribution >= 0.6 is 22.6 Å². The van der Waals surface area contributed by atoms with Gasteiger partial charge in [-0.3, -0.25) is 4.79 Å². The Morgan fingerprint density at radius 2 is 1.33 bits per heavy atom. The first kappa shape index (κ1) is 21.5. The monoisotopic (exact) mass is 377 g/mol. The molecule has 1 unspecified atom stereocenters. The number of rotatable bonds is 12. The van der Waals surface area contributed by atoms with E-state index in [0.29, 0.717) is 0 Å². The van der Waals surface area contributed by atoms with Crippen LogP contribution < -0.4 is 0 Å². The zero-order valence-corrected chi connectivity index (χ0v) is 16.2. The van der Waals surface area contributed by atoms with E-state index in [1.165, 1.54) is 57.8 Å². The summed E-state index contributed by atoms with van der Waals surface area (Å²) in [4.78, 5) is 10.6.